The second kappa shape index (κ2) is 7.02. The number of halogens is 1. The molecule has 2 rings (SSSR count). The van der Waals surface area contributed by atoms with Crippen molar-refractivity contribution >= 4 is 21.6 Å². The van der Waals surface area contributed by atoms with Crippen LogP contribution in [0.4, 0.5) is 0 Å². The number of sulfonamides is 1. The largest absolute Gasteiger partial charge is 0.270 e. The van der Waals surface area contributed by atoms with Crippen molar-refractivity contribution in [2.24, 2.45) is 0 Å². The van der Waals surface area contributed by atoms with E-state index >= 15 is 0 Å². The van der Waals surface area contributed by atoms with E-state index in [1.807, 2.05) is 12.1 Å². The minimum absolute atomic E-state index is 0.185. The van der Waals surface area contributed by atoms with Gasteiger partial charge in [0.05, 0.1) is 12.7 Å². The van der Waals surface area contributed by atoms with Crippen LogP contribution in [0.25, 0.3) is 0 Å². The Labute approximate surface area is 129 Å². The average Bonchev–Trinajstić information content (AvgIpc) is 2.95. The van der Waals surface area contributed by atoms with Crippen molar-refractivity contribution in [3.8, 4) is 0 Å². The van der Waals surface area contributed by atoms with Gasteiger partial charge in [-0.25, -0.2) is 12.7 Å². The molecule has 2 heterocycles. The summed E-state index contributed by atoms with van der Waals surface area (Å²) in [4.78, 5) is 4.12. The average molecular weight is 329 g/mol. The Morgan fingerprint density at radius 3 is 2.71 bits per heavy atom. The highest BCUT2D eigenvalue weighted by molar-refractivity contribution is 7.89. The molecular formula is C13H17ClN4O2S. The first-order valence-electron chi connectivity index (χ1n) is 6.47. The smallest absolute Gasteiger partial charge is 0.245 e. The number of likely N-dealkylation sites (N-methyl/N-ethyl adjacent to an activating group) is 1. The lowest BCUT2D eigenvalue weighted by Crippen LogP contribution is -2.28. The van der Waals surface area contributed by atoms with Crippen LogP contribution >= 0.6 is 11.6 Å². The molecule has 0 amide bonds. The van der Waals surface area contributed by atoms with Gasteiger partial charge in [0.2, 0.25) is 10.0 Å². The highest BCUT2D eigenvalue weighted by Crippen LogP contribution is 2.14. The predicted octanol–water partition coefficient (Wildman–Crippen LogP) is 1.38. The molecule has 0 fully saturated rings. The van der Waals surface area contributed by atoms with Gasteiger partial charge in [0, 0.05) is 38.1 Å². The molecule has 0 atom stereocenters. The standard InChI is InChI=1S/C13H17ClN4O2S/c1-17(8-4-12-2-6-15-7-3-12)21(19,20)13-10-16-18(11-13)9-5-14/h2-3,6-7,10-11H,4-5,8-9H2,1H3. The Hall–Kier alpha value is -1.44. The number of nitrogens with zero attached hydrogens (tertiary/aromatic N) is 4. The Bertz CT molecular complexity index is 672. The van der Waals surface area contributed by atoms with E-state index in [9.17, 15) is 8.42 Å². The summed E-state index contributed by atoms with van der Waals surface area (Å²) >= 11 is 5.61. The van der Waals surface area contributed by atoms with E-state index in [1.165, 1.54) is 21.4 Å². The molecule has 0 aliphatic rings. The number of aryl methyl sites for hydroxylation is 1. The van der Waals surface area contributed by atoms with Crippen molar-refractivity contribution in [2.75, 3.05) is 19.5 Å². The fourth-order valence-corrected chi connectivity index (χ4v) is 3.12. The van der Waals surface area contributed by atoms with E-state index in [4.69, 9.17) is 11.6 Å². The lowest BCUT2D eigenvalue weighted by molar-refractivity contribution is 0.472. The number of hydrogen-bond acceptors (Lipinski definition) is 4. The molecule has 0 saturated heterocycles. The van der Waals surface area contributed by atoms with Crippen molar-refractivity contribution in [3.05, 3.63) is 42.5 Å². The first-order valence-corrected chi connectivity index (χ1v) is 8.45. The summed E-state index contributed by atoms with van der Waals surface area (Å²) < 4.78 is 27.6. The van der Waals surface area contributed by atoms with E-state index < -0.39 is 10.0 Å². The van der Waals surface area contributed by atoms with Gasteiger partial charge >= 0.3 is 0 Å². The quantitative estimate of drug-likeness (QED) is 0.720. The van der Waals surface area contributed by atoms with E-state index in [-0.39, 0.29) is 4.90 Å². The summed E-state index contributed by atoms with van der Waals surface area (Å²) in [7, 11) is -1.95. The van der Waals surface area contributed by atoms with Crippen molar-refractivity contribution < 1.29 is 8.42 Å². The molecule has 0 aliphatic heterocycles. The van der Waals surface area contributed by atoms with Gasteiger partial charge in [-0.3, -0.25) is 9.67 Å². The zero-order valence-electron chi connectivity index (χ0n) is 11.7. The fourth-order valence-electron chi connectivity index (χ4n) is 1.82. The van der Waals surface area contributed by atoms with E-state index in [2.05, 4.69) is 10.1 Å². The molecule has 0 aliphatic carbocycles. The van der Waals surface area contributed by atoms with Crippen LogP contribution < -0.4 is 0 Å². The number of rotatable bonds is 7. The first-order chi connectivity index (χ1) is 10.0. The van der Waals surface area contributed by atoms with Gasteiger partial charge in [-0.1, -0.05) is 0 Å². The van der Waals surface area contributed by atoms with Crippen molar-refractivity contribution in [1.82, 2.24) is 19.1 Å². The van der Waals surface area contributed by atoms with Gasteiger partial charge in [0.15, 0.2) is 0 Å². The molecular weight excluding hydrogens is 312 g/mol. The fraction of sp³-hybridized carbons (Fsp3) is 0.385. The van der Waals surface area contributed by atoms with Gasteiger partial charge < -0.3 is 0 Å². The molecule has 0 aromatic carbocycles. The van der Waals surface area contributed by atoms with Gasteiger partial charge in [0.25, 0.3) is 0 Å². The SMILES string of the molecule is CN(CCc1ccncc1)S(=O)(=O)c1cnn(CCCl)c1. The molecule has 0 saturated carbocycles. The van der Waals surface area contributed by atoms with Crippen molar-refractivity contribution in [2.45, 2.75) is 17.9 Å². The third kappa shape index (κ3) is 4.03. The Morgan fingerprint density at radius 2 is 2.05 bits per heavy atom. The van der Waals surface area contributed by atoms with Crippen LogP contribution in [0.3, 0.4) is 0 Å². The molecule has 114 valence electrons. The molecule has 21 heavy (non-hydrogen) atoms. The predicted molar refractivity (Wildman–Crippen MR) is 80.7 cm³/mol. The molecule has 0 radical (unpaired) electrons. The van der Waals surface area contributed by atoms with Crippen LogP contribution in [-0.4, -0.2) is 47.0 Å². The second-order valence-corrected chi connectivity index (χ2v) is 6.98. The van der Waals surface area contributed by atoms with Gasteiger partial charge in [-0.05, 0) is 24.1 Å². The number of alkyl halides is 1. The van der Waals surface area contributed by atoms with Crippen LogP contribution in [0, 0.1) is 0 Å². The highest BCUT2D eigenvalue weighted by atomic mass is 35.5. The Kier molecular flexibility index (Phi) is 5.33. The van der Waals surface area contributed by atoms with Gasteiger partial charge in [0.1, 0.15) is 4.90 Å². The van der Waals surface area contributed by atoms with Crippen LogP contribution in [0.15, 0.2) is 41.8 Å². The minimum atomic E-state index is -3.52. The number of aromatic nitrogens is 3. The van der Waals surface area contributed by atoms with Crippen molar-refractivity contribution in [1.29, 1.82) is 0 Å². The molecule has 0 N–H and O–H groups in total. The molecule has 2 aromatic heterocycles. The maximum absolute atomic E-state index is 12.4. The zero-order chi connectivity index (χ0) is 15.3. The van der Waals surface area contributed by atoms with E-state index in [0.29, 0.717) is 25.4 Å². The molecule has 6 nitrogen and oxygen atoms in total. The van der Waals surface area contributed by atoms with Crippen LogP contribution in [0.1, 0.15) is 5.56 Å². The Morgan fingerprint density at radius 1 is 1.33 bits per heavy atom. The topological polar surface area (TPSA) is 68.1 Å². The van der Waals surface area contributed by atoms with Crippen LogP contribution in [0.5, 0.6) is 0 Å². The normalized spacial score (nSPS) is 12.0. The monoisotopic (exact) mass is 328 g/mol. The molecule has 2 aromatic rings. The summed E-state index contributed by atoms with van der Waals surface area (Å²) in [5, 5.41) is 3.99. The second-order valence-electron chi connectivity index (χ2n) is 4.56. The molecule has 0 bridgehead atoms. The molecule has 8 heteroatoms. The van der Waals surface area contributed by atoms with Crippen LogP contribution in [-0.2, 0) is 23.0 Å². The van der Waals surface area contributed by atoms with Crippen molar-refractivity contribution in [3.63, 3.8) is 0 Å². The summed E-state index contributed by atoms with van der Waals surface area (Å²) in [5.74, 6) is 0.388. The lowest BCUT2D eigenvalue weighted by atomic mass is 10.2. The third-order valence-electron chi connectivity index (χ3n) is 3.10. The third-order valence-corrected chi connectivity index (χ3v) is 5.07. The Balaban J connectivity index is 2.04. The summed E-state index contributed by atoms with van der Waals surface area (Å²) in [5.41, 5.74) is 1.05. The number of hydrogen-bond donors (Lipinski definition) is 0. The minimum Gasteiger partial charge on any atom is -0.270 e. The molecule has 0 unspecified atom stereocenters. The lowest BCUT2D eigenvalue weighted by Gasteiger charge is -2.15. The van der Waals surface area contributed by atoms with Crippen LogP contribution in [0.2, 0.25) is 0 Å². The van der Waals surface area contributed by atoms with Gasteiger partial charge in [-0.15, -0.1) is 11.6 Å². The molecule has 0 spiro atoms. The highest BCUT2D eigenvalue weighted by Gasteiger charge is 2.22. The van der Waals surface area contributed by atoms with E-state index in [0.717, 1.165) is 5.56 Å². The van der Waals surface area contributed by atoms with Gasteiger partial charge in [-0.2, -0.15) is 5.10 Å². The summed E-state index contributed by atoms with van der Waals surface area (Å²) in [6.45, 7) is 0.880. The zero-order valence-corrected chi connectivity index (χ0v) is 13.3. The number of pyridine rings is 1. The maximum Gasteiger partial charge on any atom is 0.245 e. The maximum atomic E-state index is 12.4. The summed E-state index contributed by atoms with van der Waals surface area (Å²) in [6, 6.07) is 3.75. The first kappa shape index (κ1) is 15.9. The summed E-state index contributed by atoms with van der Waals surface area (Å²) in [6.07, 6.45) is 6.87. The van der Waals surface area contributed by atoms with E-state index in [1.54, 1.807) is 19.4 Å².